The molecule has 0 radical (unpaired) electrons. The monoisotopic (exact) mass is 277 g/mol. The van der Waals surface area contributed by atoms with Crippen molar-refractivity contribution in [2.24, 2.45) is 0 Å². The summed E-state index contributed by atoms with van der Waals surface area (Å²) in [5.74, 6) is 4.13. The maximum absolute atomic E-state index is 12.2. The van der Waals surface area contributed by atoms with Crippen LogP contribution in [0, 0.1) is 19.3 Å². The van der Waals surface area contributed by atoms with E-state index in [1.807, 2.05) is 38.1 Å². The fourth-order valence-electron chi connectivity index (χ4n) is 1.72. The molecule has 0 spiro atoms. The second kappa shape index (κ2) is 8.41. The summed E-state index contributed by atoms with van der Waals surface area (Å²) in [4.78, 5) is 16.0. The highest BCUT2D eigenvalue weighted by Gasteiger charge is 2.15. The summed E-state index contributed by atoms with van der Waals surface area (Å²) < 4.78 is 5.54. The summed E-state index contributed by atoms with van der Waals surface area (Å²) in [6.45, 7) is 4.48. The number of amides is 1. The molecule has 5 nitrogen and oxygen atoms in total. The third-order valence-corrected chi connectivity index (χ3v) is 2.82. The van der Waals surface area contributed by atoms with E-state index in [4.69, 9.17) is 10.8 Å². The fraction of sp³-hybridized carbons (Fsp3) is 0.533. The van der Waals surface area contributed by atoms with Gasteiger partial charge in [-0.15, -0.1) is 6.42 Å². The van der Waals surface area contributed by atoms with Crippen LogP contribution >= 0.6 is 0 Å². The quantitative estimate of drug-likeness (QED) is 0.561. The van der Waals surface area contributed by atoms with Gasteiger partial charge in [-0.2, -0.15) is 0 Å². The van der Waals surface area contributed by atoms with Gasteiger partial charge in [0.2, 0.25) is 5.91 Å². The zero-order valence-electron chi connectivity index (χ0n) is 12.5. The zero-order chi connectivity index (χ0) is 15.0. The zero-order valence-corrected chi connectivity index (χ0v) is 12.5. The third-order valence-electron chi connectivity index (χ3n) is 2.82. The second-order valence-electron chi connectivity index (χ2n) is 4.94. The summed E-state index contributed by atoms with van der Waals surface area (Å²) in [6.07, 6.45) is 5.16. The Morgan fingerprint density at radius 2 is 2.15 bits per heavy atom. The summed E-state index contributed by atoms with van der Waals surface area (Å²) >= 11 is 0. The van der Waals surface area contributed by atoms with E-state index < -0.39 is 0 Å². The van der Waals surface area contributed by atoms with E-state index in [2.05, 4.69) is 11.2 Å². The van der Waals surface area contributed by atoms with Crippen LogP contribution in [0.15, 0.2) is 16.5 Å². The molecule has 20 heavy (non-hydrogen) atoms. The van der Waals surface area contributed by atoms with E-state index >= 15 is 0 Å². The molecule has 0 saturated heterocycles. The molecular formula is C15H23N3O2. The van der Waals surface area contributed by atoms with Crippen molar-refractivity contribution < 1.29 is 9.21 Å². The molecule has 1 aromatic heterocycles. The van der Waals surface area contributed by atoms with Gasteiger partial charge in [0.05, 0.1) is 19.6 Å². The minimum absolute atomic E-state index is 0.0242. The number of likely N-dealkylation sites (N-methyl/N-ethyl adjacent to an activating group) is 1. The number of nitrogens with one attached hydrogen (secondary N) is 1. The Morgan fingerprint density at radius 1 is 1.40 bits per heavy atom. The largest absolute Gasteiger partial charge is 0.464 e. The molecule has 1 N–H and O–H groups in total. The Hall–Kier alpha value is -1.77. The van der Waals surface area contributed by atoms with Gasteiger partial charge >= 0.3 is 0 Å². The first-order valence-electron chi connectivity index (χ1n) is 6.65. The lowest BCUT2D eigenvalue weighted by molar-refractivity contribution is -0.131. The number of carbonyl (C=O) groups is 1. The number of nitrogens with zero attached hydrogens (tertiary/aromatic N) is 2. The molecule has 5 heteroatoms. The molecule has 0 aromatic carbocycles. The standard InChI is InChI=1S/C15H23N3O2/c1-5-8-16-11-15(19)18(10-9-17(3)4)12-14-7-6-13(2)20-14/h1,6-7,16H,8-12H2,2-4H3. The van der Waals surface area contributed by atoms with Crippen LogP contribution in [0.1, 0.15) is 11.5 Å². The maximum Gasteiger partial charge on any atom is 0.237 e. The summed E-state index contributed by atoms with van der Waals surface area (Å²) in [5, 5.41) is 2.92. The van der Waals surface area contributed by atoms with Gasteiger partial charge < -0.3 is 14.2 Å². The molecule has 1 amide bonds. The van der Waals surface area contributed by atoms with Crippen LogP contribution in [0.2, 0.25) is 0 Å². The first-order chi connectivity index (χ1) is 9.52. The van der Waals surface area contributed by atoms with Crippen LogP contribution < -0.4 is 5.32 Å². The fourth-order valence-corrected chi connectivity index (χ4v) is 1.72. The molecule has 0 bridgehead atoms. The second-order valence-corrected chi connectivity index (χ2v) is 4.94. The highest BCUT2D eigenvalue weighted by molar-refractivity contribution is 5.78. The molecule has 0 fully saturated rings. The number of hydrogen-bond acceptors (Lipinski definition) is 4. The van der Waals surface area contributed by atoms with Crippen molar-refractivity contribution in [2.45, 2.75) is 13.5 Å². The number of terminal acetylenes is 1. The van der Waals surface area contributed by atoms with Gasteiger partial charge in [-0.25, -0.2) is 0 Å². The van der Waals surface area contributed by atoms with Crippen molar-refractivity contribution in [2.75, 3.05) is 40.3 Å². The molecule has 0 aliphatic carbocycles. The predicted octanol–water partition coefficient (Wildman–Crippen LogP) is 0.701. The van der Waals surface area contributed by atoms with Gasteiger partial charge in [-0.3, -0.25) is 10.1 Å². The van der Waals surface area contributed by atoms with Crippen LogP contribution in [0.4, 0.5) is 0 Å². The van der Waals surface area contributed by atoms with Crippen LogP contribution in [-0.2, 0) is 11.3 Å². The molecule has 0 aliphatic heterocycles. The van der Waals surface area contributed by atoms with Gasteiger partial charge in [-0.05, 0) is 33.2 Å². The first kappa shape index (κ1) is 16.3. The third kappa shape index (κ3) is 5.91. The van der Waals surface area contributed by atoms with Crippen molar-refractivity contribution in [1.82, 2.24) is 15.1 Å². The van der Waals surface area contributed by atoms with Crippen molar-refractivity contribution in [3.8, 4) is 12.3 Å². The molecular weight excluding hydrogens is 254 g/mol. The van der Waals surface area contributed by atoms with E-state index in [1.54, 1.807) is 4.90 Å². The van der Waals surface area contributed by atoms with Gasteiger partial charge in [0.15, 0.2) is 0 Å². The lowest BCUT2D eigenvalue weighted by atomic mass is 10.3. The summed E-state index contributed by atoms with van der Waals surface area (Å²) in [6, 6.07) is 3.81. The topological polar surface area (TPSA) is 48.7 Å². The molecule has 0 saturated carbocycles. The molecule has 1 rings (SSSR count). The average Bonchev–Trinajstić information content (AvgIpc) is 2.80. The van der Waals surface area contributed by atoms with Gasteiger partial charge in [0, 0.05) is 13.1 Å². The molecule has 0 atom stereocenters. The molecule has 1 aromatic rings. The smallest absolute Gasteiger partial charge is 0.237 e. The Balaban J connectivity index is 2.59. The van der Waals surface area contributed by atoms with E-state index in [0.29, 0.717) is 19.6 Å². The lowest BCUT2D eigenvalue weighted by Crippen LogP contribution is -2.41. The SMILES string of the molecule is C#CCNCC(=O)N(CCN(C)C)Cc1ccc(C)o1. The van der Waals surface area contributed by atoms with Crippen molar-refractivity contribution >= 4 is 5.91 Å². The normalized spacial score (nSPS) is 10.6. The minimum Gasteiger partial charge on any atom is -0.464 e. The van der Waals surface area contributed by atoms with Crippen LogP contribution in [0.5, 0.6) is 0 Å². The molecule has 0 aliphatic rings. The molecule has 1 heterocycles. The predicted molar refractivity (Wildman–Crippen MR) is 79.1 cm³/mol. The number of hydrogen-bond donors (Lipinski definition) is 1. The van der Waals surface area contributed by atoms with Crippen molar-refractivity contribution in [1.29, 1.82) is 0 Å². The van der Waals surface area contributed by atoms with Crippen LogP contribution in [-0.4, -0.2) is 56.0 Å². The Labute approximate surface area is 120 Å². The van der Waals surface area contributed by atoms with E-state index in [0.717, 1.165) is 18.1 Å². The van der Waals surface area contributed by atoms with E-state index in [-0.39, 0.29) is 12.5 Å². The summed E-state index contributed by atoms with van der Waals surface area (Å²) in [5.41, 5.74) is 0. The maximum atomic E-state index is 12.2. The molecule has 0 unspecified atom stereocenters. The average molecular weight is 277 g/mol. The van der Waals surface area contributed by atoms with Crippen LogP contribution in [0.3, 0.4) is 0 Å². The minimum atomic E-state index is 0.0242. The summed E-state index contributed by atoms with van der Waals surface area (Å²) in [7, 11) is 3.96. The number of aryl methyl sites for hydroxylation is 1. The number of carbonyl (C=O) groups excluding carboxylic acids is 1. The van der Waals surface area contributed by atoms with Gasteiger partial charge in [0.1, 0.15) is 11.5 Å². The van der Waals surface area contributed by atoms with E-state index in [9.17, 15) is 4.79 Å². The van der Waals surface area contributed by atoms with Crippen molar-refractivity contribution in [3.05, 3.63) is 23.7 Å². The first-order valence-corrected chi connectivity index (χ1v) is 6.65. The highest BCUT2D eigenvalue weighted by atomic mass is 16.3. The lowest BCUT2D eigenvalue weighted by Gasteiger charge is -2.23. The Kier molecular flexibility index (Phi) is 6.85. The van der Waals surface area contributed by atoms with Crippen molar-refractivity contribution in [3.63, 3.8) is 0 Å². The number of furan rings is 1. The van der Waals surface area contributed by atoms with Gasteiger partial charge in [-0.1, -0.05) is 5.92 Å². The van der Waals surface area contributed by atoms with E-state index in [1.165, 1.54) is 0 Å². The van der Waals surface area contributed by atoms with Crippen LogP contribution in [0.25, 0.3) is 0 Å². The number of rotatable bonds is 8. The molecule has 110 valence electrons. The Bertz CT molecular complexity index is 460. The Morgan fingerprint density at radius 3 is 2.70 bits per heavy atom. The van der Waals surface area contributed by atoms with Gasteiger partial charge in [0.25, 0.3) is 0 Å². The highest BCUT2D eigenvalue weighted by Crippen LogP contribution is 2.09.